The topological polar surface area (TPSA) is 92.4 Å². The number of nitrogens with one attached hydrogen (secondary N) is 1. The fourth-order valence-corrected chi connectivity index (χ4v) is 2.82. The number of carbonyl (C=O) groups excluding carboxylic acids is 1. The number of aliphatic carboxylic acids is 1. The molecule has 1 aliphatic rings. The van der Waals surface area contributed by atoms with E-state index >= 15 is 0 Å². The second kappa shape index (κ2) is 6.34. The summed E-state index contributed by atoms with van der Waals surface area (Å²) < 4.78 is 0. The van der Waals surface area contributed by atoms with Gasteiger partial charge in [0, 0.05) is 12.1 Å². The van der Waals surface area contributed by atoms with Crippen molar-refractivity contribution in [3.05, 3.63) is 0 Å². The lowest BCUT2D eigenvalue weighted by molar-refractivity contribution is -0.141. The molecule has 0 spiro atoms. The molecule has 1 aliphatic carbocycles. The van der Waals surface area contributed by atoms with E-state index < -0.39 is 16.9 Å². The zero-order valence-corrected chi connectivity index (χ0v) is 13.8. The maximum Gasteiger partial charge on any atom is 0.303 e. The normalized spacial score (nSPS) is 19.1. The van der Waals surface area contributed by atoms with Crippen LogP contribution in [0.15, 0.2) is 0 Å². The molecule has 1 fully saturated rings. The quantitative estimate of drug-likeness (QED) is 0.701. The van der Waals surface area contributed by atoms with Crippen LogP contribution in [-0.4, -0.2) is 29.1 Å². The van der Waals surface area contributed by atoms with Crippen molar-refractivity contribution in [1.29, 1.82) is 0 Å². The van der Waals surface area contributed by atoms with E-state index in [0.29, 0.717) is 6.54 Å². The van der Waals surface area contributed by atoms with Gasteiger partial charge in [-0.1, -0.05) is 19.3 Å². The summed E-state index contributed by atoms with van der Waals surface area (Å²) in [7, 11) is 0. The number of carboxylic acid groups (broad SMARTS) is 1. The van der Waals surface area contributed by atoms with E-state index in [9.17, 15) is 9.59 Å². The third-order valence-electron chi connectivity index (χ3n) is 5.24. The van der Waals surface area contributed by atoms with Crippen LogP contribution in [0.2, 0.25) is 0 Å². The van der Waals surface area contributed by atoms with Gasteiger partial charge in [-0.15, -0.1) is 0 Å². The lowest BCUT2D eigenvalue weighted by Crippen LogP contribution is -2.56. The molecule has 5 nitrogen and oxygen atoms in total. The van der Waals surface area contributed by atoms with Crippen molar-refractivity contribution in [2.45, 2.75) is 71.8 Å². The van der Waals surface area contributed by atoms with Gasteiger partial charge in [-0.2, -0.15) is 0 Å². The van der Waals surface area contributed by atoms with Crippen molar-refractivity contribution in [3.8, 4) is 0 Å². The summed E-state index contributed by atoms with van der Waals surface area (Å²) in [5.74, 6) is -0.894. The number of hydrogen-bond acceptors (Lipinski definition) is 3. The van der Waals surface area contributed by atoms with E-state index in [1.807, 2.05) is 27.7 Å². The second-order valence-electron chi connectivity index (χ2n) is 7.66. The molecule has 1 rings (SSSR count). The van der Waals surface area contributed by atoms with Gasteiger partial charge < -0.3 is 16.2 Å². The van der Waals surface area contributed by atoms with E-state index in [1.54, 1.807) is 0 Å². The van der Waals surface area contributed by atoms with Crippen molar-refractivity contribution in [1.82, 2.24) is 5.32 Å². The molecule has 0 atom stereocenters. The summed E-state index contributed by atoms with van der Waals surface area (Å²) in [4.78, 5) is 23.6. The minimum absolute atomic E-state index is 0.106. The van der Waals surface area contributed by atoms with Crippen molar-refractivity contribution in [3.63, 3.8) is 0 Å². The molecule has 5 heteroatoms. The van der Waals surface area contributed by atoms with E-state index in [4.69, 9.17) is 10.8 Å². The number of amides is 1. The van der Waals surface area contributed by atoms with Gasteiger partial charge in [0.05, 0.1) is 11.8 Å². The van der Waals surface area contributed by atoms with E-state index in [2.05, 4.69) is 5.32 Å². The summed E-state index contributed by atoms with van der Waals surface area (Å²) in [5, 5.41) is 12.1. The highest BCUT2D eigenvalue weighted by Gasteiger charge is 2.42. The first-order valence-corrected chi connectivity index (χ1v) is 7.79. The predicted molar refractivity (Wildman–Crippen MR) is 82.8 cm³/mol. The lowest BCUT2D eigenvalue weighted by Gasteiger charge is -2.40. The first-order chi connectivity index (χ1) is 9.50. The van der Waals surface area contributed by atoms with Gasteiger partial charge in [-0.3, -0.25) is 9.59 Å². The fraction of sp³-hybridized carbons (Fsp3) is 0.875. The molecule has 0 aromatic rings. The highest BCUT2D eigenvalue weighted by molar-refractivity contribution is 5.83. The Morgan fingerprint density at radius 1 is 1.14 bits per heavy atom. The van der Waals surface area contributed by atoms with Crippen molar-refractivity contribution in [2.24, 2.45) is 16.6 Å². The van der Waals surface area contributed by atoms with Gasteiger partial charge in [0.1, 0.15) is 0 Å². The van der Waals surface area contributed by atoms with Crippen LogP contribution >= 0.6 is 0 Å². The molecular formula is C16H30N2O3. The molecule has 4 N–H and O–H groups in total. The fourth-order valence-electron chi connectivity index (χ4n) is 2.82. The van der Waals surface area contributed by atoms with Crippen LogP contribution in [0.25, 0.3) is 0 Å². The SMILES string of the molecule is CC(C)(N)C(C)(C)C(=O)NCC1(CC(=O)O)CCCCC1. The predicted octanol–water partition coefficient (Wildman–Crippen LogP) is 2.29. The van der Waals surface area contributed by atoms with Crippen LogP contribution in [0, 0.1) is 10.8 Å². The van der Waals surface area contributed by atoms with Gasteiger partial charge >= 0.3 is 5.97 Å². The molecule has 0 saturated heterocycles. The van der Waals surface area contributed by atoms with E-state index in [1.165, 1.54) is 0 Å². The molecule has 1 saturated carbocycles. The summed E-state index contributed by atoms with van der Waals surface area (Å²) in [6, 6.07) is 0. The zero-order chi connectivity index (χ0) is 16.3. The van der Waals surface area contributed by atoms with Crippen molar-refractivity contribution in [2.75, 3.05) is 6.54 Å². The highest BCUT2D eigenvalue weighted by atomic mass is 16.4. The van der Waals surface area contributed by atoms with Crippen molar-refractivity contribution >= 4 is 11.9 Å². The standard InChI is InChI=1S/C16H30N2O3/c1-14(2,15(3,4)17)13(21)18-11-16(10-12(19)20)8-6-5-7-9-16/h5-11,17H2,1-4H3,(H,18,21)(H,19,20). The molecule has 0 bridgehead atoms. The largest absolute Gasteiger partial charge is 0.481 e. The molecule has 0 aliphatic heterocycles. The lowest BCUT2D eigenvalue weighted by atomic mass is 9.71. The Bertz CT molecular complexity index is 391. The first-order valence-electron chi connectivity index (χ1n) is 7.79. The Morgan fingerprint density at radius 3 is 2.10 bits per heavy atom. The maximum absolute atomic E-state index is 12.4. The zero-order valence-electron chi connectivity index (χ0n) is 13.8. The molecule has 0 aromatic carbocycles. The highest BCUT2D eigenvalue weighted by Crippen LogP contribution is 2.39. The average Bonchev–Trinajstić information content (AvgIpc) is 2.35. The minimum atomic E-state index is -0.787. The number of nitrogens with two attached hydrogens (primary N) is 1. The Morgan fingerprint density at radius 2 is 1.67 bits per heavy atom. The van der Waals surface area contributed by atoms with Crippen LogP contribution in [0.4, 0.5) is 0 Å². The Labute approximate surface area is 127 Å². The third-order valence-corrected chi connectivity index (χ3v) is 5.24. The third kappa shape index (κ3) is 4.43. The Balaban J connectivity index is 2.73. The van der Waals surface area contributed by atoms with Gasteiger partial charge in [-0.05, 0) is 46.0 Å². The Hall–Kier alpha value is -1.10. The van der Waals surface area contributed by atoms with E-state index in [-0.39, 0.29) is 17.7 Å². The molecule has 122 valence electrons. The molecule has 0 aromatic heterocycles. The summed E-state index contributed by atoms with van der Waals surface area (Å²) in [5.41, 5.74) is 4.45. The molecule has 21 heavy (non-hydrogen) atoms. The van der Waals surface area contributed by atoms with Gasteiger partial charge in [-0.25, -0.2) is 0 Å². The number of rotatable bonds is 6. The van der Waals surface area contributed by atoms with Crippen LogP contribution in [0.1, 0.15) is 66.2 Å². The molecule has 0 heterocycles. The number of carbonyl (C=O) groups is 2. The Kier molecular flexibility index (Phi) is 5.42. The molecule has 0 radical (unpaired) electrons. The van der Waals surface area contributed by atoms with Crippen LogP contribution in [0.5, 0.6) is 0 Å². The smallest absolute Gasteiger partial charge is 0.303 e. The number of hydrogen-bond donors (Lipinski definition) is 3. The summed E-state index contributed by atoms with van der Waals surface area (Å²) in [6.07, 6.45) is 5.08. The van der Waals surface area contributed by atoms with Gasteiger partial charge in [0.25, 0.3) is 0 Å². The summed E-state index contributed by atoms with van der Waals surface area (Å²) >= 11 is 0. The van der Waals surface area contributed by atoms with Gasteiger partial charge in [0.15, 0.2) is 0 Å². The van der Waals surface area contributed by atoms with Crippen molar-refractivity contribution < 1.29 is 14.7 Å². The minimum Gasteiger partial charge on any atom is -0.481 e. The van der Waals surface area contributed by atoms with Gasteiger partial charge in [0.2, 0.25) is 5.91 Å². The van der Waals surface area contributed by atoms with E-state index in [0.717, 1.165) is 32.1 Å². The average molecular weight is 298 g/mol. The summed E-state index contributed by atoms with van der Waals surface area (Å²) in [6.45, 7) is 7.75. The molecule has 1 amide bonds. The van der Waals surface area contributed by atoms with Crippen LogP contribution in [0.3, 0.4) is 0 Å². The van der Waals surface area contributed by atoms with Crippen LogP contribution < -0.4 is 11.1 Å². The first kappa shape index (κ1) is 18.0. The molecular weight excluding hydrogens is 268 g/mol. The molecule has 0 unspecified atom stereocenters. The van der Waals surface area contributed by atoms with Crippen LogP contribution in [-0.2, 0) is 9.59 Å². The maximum atomic E-state index is 12.4. The monoisotopic (exact) mass is 298 g/mol. The number of carboxylic acids is 1. The second-order valence-corrected chi connectivity index (χ2v) is 7.66.